The summed E-state index contributed by atoms with van der Waals surface area (Å²) in [4.78, 5) is 15.9. The van der Waals surface area contributed by atoms with Crippen LogP contribution in [0.25, 0.3) is 0 Å². The van der Waals surface area contributed by atoms with Crippen LogP contribution in [0, 0.1) is 17.3 Å². The number of carbonyl (C=O) groups is 1. The maximum atomic E-state index is 12.7. The minimum atomic E-state index is 0.192. The summed E-state index contributed by atoms with van der Waals surface area (Å²) in [5.74, 6) is 1.33. The molecule has 3 heteroatoms. The molecule has 2 nitrogen and oxygen atoms in total. The smallest absolute Gasteiger partial charge is 0.225 e. The summed E-state index contributed by atoms with van der Waals surface area (Å²) in [6.07, 6.45) is 4.51. The molecule has 21 heavy (non-hydrogen) atoms. The van der Waals surface area contributed by atoms with Crippen LogP contribution < -0.4 is 0 Å². The zero-order valence-corrected chi connectivity index (χ0v) is 14.9. The van der Waals surface area contributed by atoms with Gasteiger partial charge in [-0.15, -0.1) is 11.3 Å². The summed E-state index contributed by atoms with van der Waals surface area (Å²) in [5, 5.41) is 2.08. The molecule has 1 aliphatic carbocycles. The summed E-state index contributed by atoms with van der Waals surface area (Å²) in [6.45, 7) is 9.10. The second-order valence-corrected chi connectivity index (χ2v) is 8.53. The fourth-order valence-corrected chi connectivity index (χ4v) is 4.23. The Bertz CT molecular complexity index is 452. The first-order chi connectivity index (χ1) is 9.80. The molecule has 0 N–H and O–H groups in total. The number of hydrogen-bond acceptors (Lipinski definition) is 2. The summed E-state index contributed by atoms with van der Waals surface area (Å²) in [6, 6.07) is 4.37. The first-order valence-corrected chi connectivity index (χ1v) is 8.98. The summed E-state index contributed by atoms with van der Waals surface area (Å²) in [5.41, 5.74) is 0.379. The molecule has 2 rings (SSSR count). The standard InChI is InChI=1S/C18H29NOS/c1-13(16-7-6-12-21-16)19(5)17(20)14-8-10-15(11-9-14)18(2,3)4/h6-7,12-15H,8-11H2,1-5H3. The molecule has 1 aromatic heterocycles. The van der Waals surface area contributed by atoms with Crippen LogP contribution in [0.2, 0.25) is 0 Å². The van der Waals surface area contributed by atoms with Crippen molar-refractivity contribution < 1.29 is 4.79 Å². The van der Waals surface area contributed by atoms with Crippen molar-refractivity contribution in [1.82, 2.24) is 4.90 Å². The van der Waals surface area contributed by atoms with Crippen molar-refractivity contribution in [3.8, 4) is 0 Å². The van der Waals surface area contributed by atoms with Crippen LogP contribution in [0.15, 0.2) is 17.5 Å². The first-order valence-electron chi connectivity index (χ1n) is 8.10. The van der Waals surface area contributed by atoms with E-state index >= 15 is 0 Å². The van der Waals surface area contributed by atoms with Crippen LogP contribution >= 0.6 is 11.3 Å². The van der Waals surface area contributed by atoms with E-state index in [1.165, 1.54) is 17.7 Å². The van der Waals surface area contributed by atoms with Gasteiger partial charge in [0.25, 0.3) is 0 Å². The quantitative estimate of drug-likeness (QED) is 0.759. The lowest BCUT2D eigenvalue weighted by atomic mass is 9.69. The fraction of sp³-hybridized carbons (Fsp3) is 0.722. The number of amides is 1. The maximum absolute atomic E-state index is 12.7. The minimum Gasteiger partial charge on any atom is -0.338 e. The van der Waals surface area contributed by atoms with Crippen LogP contribution in [0.5, 0.6) is 0 Å². The molecule has 0 bridgehead atoms. The van der Waals surface area contributed by atoms with Crippen LogP contribution in [0.1, 0.15) is 64.3 Å². The Morgan fingerprint density at radius 2 is 1.90 bits per heavy atom. The van der Waals surface area contributed by atoms with Crippen molar-refractivity contribution in [3.05, 3.63) is 22.4 Å². The highest BCUT2D eigenvalue weighted by atomic mass is 32.1. The van der Waals surface area contributed by atoms with E-state index in [0.29, 0.717) is 11.3 Å². The van der Waals surface area contributed by atoms with Gasteiger partial charge in [-0.1, -0.05) is 26.8 Å². The molecular weight excluding hydrogens is 278 g/mol. The highest BCUT2D eigenvalue weighted by Gasteiger charge is 2.34. The summed E-state index contributed by atoms with van der Waals surface area (Å²) < 4.78 is 0. The van der Waals surface area contributed by atoms with E-state index in [1.54, 1.807) is 11.3 Å². The highest BCUT2D eigenvalue weighted by Crippen LogP contribution is 2.40. The van der Waals surface area contributed by atoms with Gasteiger partial charge in [0.1, 0.15) is 0 Å². The molecule has 1 amide bonds. The third kappa shape index (κ3) is 3.88. The van der Waals surface area contributed by atoms with Gasteiger partial charge in [-0.05, 0) is 55.4 Å². The molecule has 1 fully saturated rings. The lowest BCUT2D eigenvalue weighted by molar-refractivity contribution is -0.137. The predicted molar refractivity (Wildman–Crippen MR) is 90.4 cm³/mol. The van der Waals surface area contributed by atoms with Gasteiger partial charge in [-0.25, -0.2) is 0 Å². The van der Waals surface area contributed by atoms with Crippen LogP contribution in [0.3, 0.4) is 0 Å². The van der Waals surface area contributed by atoms with E-state index in [9.17, 15) is 4.79 Å². The number of carbonyl (C=O) groups excluding carboxylic acids is 1. The highest BCUT2D eigenvalue weighted by molar-refractivity contribution is 7.10. The second kappa shape index (κ2) is 6.51. The number of nitrogens with zero attached hydrogens (tertiary/aromatic N) is 1. The Morgan fingerprint density at radius 3 is 2.38 bits per heavy atom. The normalized spacial score (nSPS) is 24.6. The Kier molecular flexibility index (Phi) is 5.13. The molecule has 0 aliphatic heterocycles. The third-order valence-electron chi connectivity index (χ3n) is 5.18. The lowest BCUT2D eigenvalue weighted by Crippen LogP contribution is -2.37. The average molecular weight is 308 g/mol. The van der Waals surface area contributed by atoms with Gasteiger partial charge in [0.05, 0.1) is 6.04 Å². The van der Waals surface area contributed by atoms with Gasteiger partial charge in [0.15, 0.2) is 0 Å². The van der Waals surface area contributed by atoms with Crippen LogP contribution in [0.4, 0.5) is 0 Å². The zero-order valence-electron chi connectivity index (χ0n) is 14.1. The Hall–Kier alpha value is -0.830. The molecule has 1 heterocycles. The minimum absolute atomic E-state index is 0.192. The van der Waals surface area contributed by atoms with Crippen molar-refractivity contribution in [2.24, 2.45) is 17.3 Å². The van der Waals surface area contributed by atoms with Gasteiger partial charge < -0.3 is 4.90 Å². The van der Waals surface area contributed by atoms with Crippen LogP contribution in [-0.4, -0.2) is 17.9 Å². The van der Waals surface area contributed by atoms with Gasteiger partial charge in [0.2, 0.25) is 5.91 Å². The third-order valence-corrected chi connectivity index (χ3v) is 6.23. The van der Waals surface area contributed by atoms with Crippen molar-refractivity contribution in [2.45, 2.75) is 59.4 Å². The van der Waals surface area contributed by atoms with E-state index in [1.807, 2.05) is 11.9 Å². The fourth-order valence-electron chi connectivity index (χ4n) is 3.41. The predicted octanol–water partition coefficient (Wildman–Crippen LogP) is 5.12. The zero-order chi connectivity index (χ0) is 15.6. The monoisotopic (exact) mass is 307 g/mol. The number of thiophene rings is 1. The van der Waals surface area contributed by atoms with Crippen molar-refractivity contribution in [2.75, 3.05) is 7.05 Å². The Morgan fingerprint density at radius 1 is 1.29 bits per heavy atom. The van der Waals surface area contributed by atoms with Gasteiger partial charge in [0, 0.05) is 17.8 Å². The van der Waals surface area contributed by atoms with E-state index in [0.717, 1.165) is 18.8 Å². The van der Waals surface area contributed by atoms with E-state index < -0.39 is 0 Å². The Balaban J connectivity index is 1.92. The van der Waals surface area contributed by atoms with Crippen molar-refractivity contribution in [3.63, 3.8) is 0 Å². The molecular formula is C18H29NOS. The van der Waals surface area contributed by atoms with Crippen molar-refractivity contribution >= 4 is 17.2 Å². The van der Waals surface area contributed by atoms with E-state index in [-0.39, 0.29) is 12.0 Å². The molecule has 0 aromatic carbocycles. The second-order valence-electron chi connectivity index (χ2n) is 7.56. The SMILES string of the molecule is CC(c1cccs1)N(C)C(=O)C1CCC(C(C)(C)C)CC1. The molecule has 0 radical (unpaired) electrons. The Labute approximate surface area is 133 Å². The summed E-state index contributed by atoms with van der Waals surface area (Å²) in [7, 11) is 1.96. The van der Waals surface area contributed by atoms with Crippen molar-refractivity contribution in [1.29, 1.82) is 0 Å². The maximum Gasteiger partial charge on any atom is 0.225 e. The summed E-state index contributed by atoms with van der Waals surface area (Å²) >= 11 is 1.73. The molecule has 1 aromatic rings. The molecule has 1 atom stereocenters. The van der Waals surface area contributed by atoms with E-state index in [2.05, 4.69) is 45.2 Å². The van der Waals surface area contributed by atoms with Gasteiger partial charge in [-0.2, -0.15) is 0 Å². The molecule has 118 valence electrons. The molecule has 1 aliphatic rings. The number of rotatable bonds is 3. The van der Waals surface area contributed by atoms with E-state index in [4.69, 9.17) is 0 Å². The largest absolute Gasteiger partial charge is 0.338 e. The molecule has 0 spiro atoms. The van der Waals surface area contributed by atoms with Gasteiger partial charge >= 0.3 is 0 Å². The molecule has 1 saturated carbocycles. The van der Waals surface area contributed by atoms with Crippen LogP contribution in [-0.2, 0) is 4.79 Å². The lowest BCUT2D eigenvalue weighted by Gasteiger charge is -2.38. The average Bonchev–Trinajstić information content (AvgIpc) is 2.98. The van der Waals surface area contributed by atoms with Gasteiger partial charge in [-0.3, -0.25) is 4.79 Å². The topological polar surface area (TPSA) is 20.3 Å². The number of hydrogen-bond donors (Lipinski definition) is 0. The molecule has 1 unspecified atom stereocenters. The first kappa shape index (κ1) is 16.5. The molecule has 0 saturated heterocycles.